The SMILES string of the molecule is CCC(CCCCCCCCC(=O)Cl)CCC(=O)Cl. The maximum atomic E-state index is 10.7. The fourth-order valence-electron chi connectivity index (χ4n) is 2.27. The van der Waals surface area contributed by atoms with Gasteiger partial charge in [0.2, 0.25) is 10.5 Å². The Bertz CT molecular complexity index is 255. The highest BCUT2D eigenvalue weighted by Crippen LogP contribution is 2.20. The number of rotatable bonds is 13. The minimum absolute atomic E-state index is 0.215. The Morgan fingerprint density at radius 2 is 1.32 bits per heavy atom. The third kappa shape index (κ3) is 14.1. The lowest BCUT2D eigenvalue weighted by atomic mass is 9.93. The summed E-state index contributed by atoms with van der Waals surface area (Å²) in [5.74, 6) is 0.636. The number of hydrogen-bond donors (Lipinski definition) is 0. The average Bonchev–Trinajstić information content (AvgIpc) is 2.35. The van der Waals surface area contributed by atoms with Gasteiger partial charge in [-0.3, -0.25) is 9.59 Å². The van der Waals surface area contributed by atoms with Crippen LogP contribution in [0.1, 0.15) is 77.6 Å². The lowest BCUT2D eigenvalue weighted by molar-refractivity contribution is -0.112. The smallest absolute Gasteiger partial charge is 0.221 e. The maximum Gasteiger partial charge on any atom is 0.221 e. The summed E-state index contributed by atoms with van der Waals surface area (Å²) < 4.78 is 0. The molecule has 0 aliphatic carbocycles. The molecule has 0 radical (unpaired) electrons. The molecule has 2 nitrogen and oxygen atoms in total. The van der Waals surface area contributed by atoms with Crippen LogP contribution in [0.15, 0.2) is 0 Å². The molecule has 0 amide bonds. The largest absolute Gasteiger partial charge is 0.281 e. The van der Waals surface area contributed by atoms with Crippen LogP contribution in [-0.4, -0.2) is 10.5 Å². The number of carbonyl (C=O) groups excluding carboxylic acids is 2. The number of hydrogen-bond acceptors (Lipinski definition) is 2. The molecule has 0 aliphatic rings. The van der Waals surface area contributed by atoms with E-state index in [1.807, 2.05) is 0 Å². The van der Waals surface area contributed by atoms with Gasteiger partial charge in [0, 0.05) is 12.8 Å². The highest BCUT2D eigenvalue weighted by atomic mass is 35.5. The van der Waals surface area contributed by atoms with Crippen molar-refractivity contribution in [3.63, 3.8) is 0 Å². The Kier molecular flexibility index (Phi) is 12.9. The average molecular weight is 309 g/mol. The molecule has 0 heterocycles. The van der Waals surface area contributed by atoms with E-state index in [-0.39, 0.29) is 10.5 Å². The molecule has 19 heavy (non-hydrogen) atoms. The van der Waals surface area contributed by atoms with Crippen molar-refractivity contribution in [3.05, 3.63) is 0 Å². The second kappa shape index (κ2) is 12.9. The lowest BCUT2D eigenvalue weighted by Crippen LogP contribution is -2.01. The van der Waals surface area contributed by atoms with Crippen molar-refractivity contribution in [1.29, 1.82) is 0 Å². The second-order valence-electron chi connectivity index (χ2n) is 5.18. The normalized spacial score (nSPS) is 12.4. The summed E-state index contributed by atoms with van der Waals surface area (Å²) in [5, 5.41) is -0.438. The monoisotopic (exact) mass is 308 g/mol. The topological polar surface area (TPSA) is 34.1 Å². The zero-order chi connectivity index (χ0) is 14.5. The fourth-order valence-corrected chi connectivity index (χ4v) is 2.52. The minimum atomic E-state index is -0.223. The summed E-state index contributed by atoms with van der Waals surface area (Å²) in [6.45, 7) is 2.17. The lowest BCUT2D eigenvalue weighted by Gasteiger charge is -2.13. The van der Waals surface area contributed by atoms with Crippen LogP contribution < -0.4 is 0 Å². The first kappa shape index (κ1) is 18.9. The van der Waals surface area contributed by atoms with Gasteiger partial charge < -0.3 is 0 Å². The molecule has 4 heteroatoms. The van der Waals surface area contributed by atoms with Gasteiger partial charge in [0.15, 0.2) is 0 Å². The highest BCUT2D eigenvalue weighted by Gasteiger charge is 2.08. The van der Waals surface area contributed by atoms with E-state index >= 15 is 0 Å². The molecule has 0 aromatic rings. The van der Waals surface area contributed by atoms with Crippen LogP contribution in [0.5, 0.6) is 0 Å². The van der Waals surface area contributed by atoms with Crippen molar-refractivity contribution < 1.29 is 9.59 Å². The standard InChI is InChI=1S/C15H26Cl2O2/c1-2-13(11-12-15(17)19)9-7-5-3-4-6-8-10-14(16)18/h13H,2-12H2,1H3. The number of halogens is 2. The van der Waals surface area contributed by atoms with Gasteiger partial charge in [0.1, 0.15) is 0 Å². The third-order valence-corrected chi connectivity index (χ3v) is 3.94. The van der Waals surface area contributed by atoms with E-state index in [1.165, 1.54) is 32.1 Å². The maximum absolute atomic E-state index is 10.7. The molecule has 0 aliphatic heterocycles. The minimum Gasteiger partial charge on any atom is -0.281 e. The van der Waals surface area contributed by atoms with E-state index in [0.29, 0.717) is 18.8 Å². The Morgan fingerprint density at radius 1 is 0.789 bits per heavy atom. The summed E-state index contributed by atoms with van der Waals surface area (Å²) in [7, 11) is 0. The summed E-state index contributed by atoms with van der Waals surface area (Å²) in [6, 6.07) is 0. The van der Waals surface area contributed by atoms with E-state index in [2.05, 4.69) is 6.92 Å². The first-order valence-corrected chi connectivity index (χ1v) is 8.18. The molecular weight excluding hydrogens is 283 g/mol. The van der Waals surface area contributed by atoms with Crippen molar-refractivity contribution in [3.8, 4) is 0 Å². The quantitative estimate of drug-likeness (QED) is 0.335. The van der Waals surface area contributed by atoms with Gasteiger partial charge in [-0.25, -0.2) is 0 Å². The molecular formula is C15H26Cl2O2. The zero-order valence-electron chi connectivity index (χ0n) is 11.9. The van der Waals surface area contributed by atoms with Crippen LogP contribution in [0.3, 0.4) is 0 Å². The molecule has 0 N–H and O–H groups in total. The van der Waals surface area contributed by atoms with E-state index in [4.69, 9.17) is 23.2 Å². The van der Waals surface area contributed by atoms with Gasteiger partial charge in [0.05, 0.1) is 0 Å². The van der Waals surface area contributed by atoms with Crippen LogP contribution in [0.2, 0.25) is 0 Å². The molecule has 0 rings (SSSR count). The third-order valence-electron chi connectivity index (χ3n) is 3.56. The predicted molar refractivity (Wildman–Crippen MR) is 81.7 cm³/mol. The van der Waals surface area contributed by atoms with E-state index in [0.717, 1.165) is 25.7 Å². The molecule has 0 aromatic carbocycles. The van der Waals surface area contributed by atoms with Crippen LogP contribution in [0.4, 0.5) is 0 Å². The number of carbonyl (C=O) groups is 2. The van der Waals surface area contributed by atoms with Crippen LogP contribution in [0, 0.1) is 5.92 Å². The highest BCUT2D eigenvalue weighted by molar-refractivity contribution is 6.63. The van der Waals surface area contributed by atoms with Crippen molar-refractivity contribution in [2.75, 3.05) is 0 Å². The van der Waals surface area contributed by atoms with E-state index in [9.17, 15) is 9.59 Å². The van der Waals surface area contributed by atoms with Crippen LogP contribution in [0.25, 0.3) is 0 Å². The van der Waals surface area contributed by atoms with E-state index in [1.54, 1.807) is 0 Å². The first-order chi connectivity index (χ1) is 9.06. The number of unbranched alkanes of at least 4 members (excludes halogenated alkanes) is 5. The Labute approximate surface area is 127 Å². The molecule has 1 unspecified atom stereocenters. The molecule has 0 bridgehead atoms. The second-order valence-corrected chi connectivity index (χ2v) is 6.03. The van der Waals surface area contributed by atoms with Gasteiger partial charge >= 0.3 is 0 Å². The van der Waals surface area contributed by atoms with Gasteiger partial charge in [-0.2, -0.15) is 0 Å². The Morgan fingerprint density at radius 3 is 1.84 bits per heavy atom. The zero-order valence-corrected chi connectivity index (χ0v) is 13.4. The summed E-state index contributed by atoms with van der Waals surface area (Å²) >= 11 is 10.6. The molecule has 1 atom stereocenters. The van der Waals surface area contributed by atoms with Gasteiger partial charge in [-0.15, -0.1) is 0 Å². The fraction of sp³-hybridized carbons (Fsp3) is 0.867. The molecule has 0 spiro atoms. The Balaban J connectivity index is 3.35. The molecule has 0 saturated carbocycles. The molecule has 0 saturated heterocycles. The van der Waals surface area contributed by atoms with Crippen LogP contribution in [-0.2, 0) is 9.59 Å². The van der Waals surface area contributed by atoms with Crippen molar-refractivity contribution in [2.45, 2.75) is 77.6 Å². The summed E-state index contributed by atoms with van der Waals surface area (Å²) in [4.78, 5) is 21.2. The Hall–Kier alpha value is -0.0800. The molecule has 0 aromatic heterocycles. The van der Waals surface area contributed by atoms with Crippen molar-refractivity contribution in [1.82, 2.24) is 0 Å². The summed E-state index contributed by atoms with van der Waals surface area (Å²) in [5.41, 5.74) is 0. The molecule has 112 valence electrons. The van der Waals surface area contributed by atoms with Crippen molar-refractivity contribution in [2.24, 2.45) is 5.92 Å². The van der Waals surface area contributed by atoms with E-state index < -0.39 is 0 Å². The van der Waals surface area contributed by atoms with Crippen molar-refractivity contribution >= 4 is 33.7 Å². The van der Waals surface area contributed by atoms with Gasteiger partial charge in [0.25, 0.3) is 0 Å². The summed E-state index contributed by atoms with van der Waals surface area (Å²) in [6.07, 6.45) is 11.1. The molecule has 0 fully saturated rings. The predicted octanol–water partition coefficient (Wildman–Crippen LogP) is 5.44. The van der Waals surface area contributed by atoms with Crippen LogP contribution >= 0.6 is 23.2 Å². The van der Waals surface area contributed by atoms with Gasteiger partial charge in [-0.05, 0) is 42.0 Å². The van der Waals surface area contributed by atoms with Gasteiger partial charge in [-0.1, -0.05) is 51.9 Å². The first-order valence-electron chi connectivity index (χ1n) is 7.43.